The van der Waals surface area contributed by atoms with Crippen molar-refractivity contribution in [2.45, 2.75) is 18.9 Å². The molecule has 0 aliphatic rings. The molecule has 0 heterocycles. The monoisotopic (exact) mass is 454 g/mol. The minimum atomic E-state index is -0.291. The van der Waals surface area contributed by atoms with Gasteiger partial charge in [-0.2, -0.15) is 0 Å². The Morgan fingerprint density at radius 2 is 1.20 bits per heavy atom. The molecule has 30 heavy (non-hydrogen) atoms. The zero-order chi connectivity index (χ0) is 19.9. The summed E-state index contributed by atoms with van der Waals surface area (Å²) in [7, 11) is 0. The maximum absolute atomic E-state index is 13.3. The van der Waals surface area contributed by atoms with E-state index in [-0.39, 0.29) is 42.5 Å². The molecule has 3 rings (SSSR count). The van der Waals surface area contributed by atoms with E-state index in [9.17, 15) is 8.78 Å². The fourth-order valence-corrected chi connectivity index (χ4v) is 2.97. The lowest BCUT2D eigenvalue weighted by Crippen LogP contribution is -2.28. The first-order valence-electron chi connectivity index (χ1n) is 9.30. The first-order chi connectivity index (χ1) is 13.5. The average molecular weight is 455 g/mol. The van der Waals surface area contributed by atoms with Crippen molar-refractivity contribution in [2.24, 2.45) is 11.5 Å². The number of hydrogen-bond acceptors (Lipinski definition) is 3. The van der Waals surface area contributed by atoms with Gasteiger partial charge in [0, 0.05) is 6.04 Å². The van der Waals surface area contributed by atoms with Crippen LogP contribution in [-0.4, -0.2) is 19.2 Å². The van der Waals surface area contributed by atoms with Crippen LogP contribution in [0.4, 0.5) is 8.78 Å². The van der Waals surface area contributed by atoms with Gasteiger partial charge in [0.15, 0.2) is 0 Å². The lowest BCUT2D eigenvalue weighted by molar-refractivity contribution is 0.281. The standard InChI is InChI=1S/C23H24F2N2O.2ClH/c24-20-7-3-16(4-8-20)18-12-19(17-5-9-21(25)10-6-17)14-23(13-18)28-15-22(27)2-1-11-26;;/h3-10,12-14,22H,1-2,11,15,26-27H2;2*1H/t22-;;/m1../s1. The number of nitrogens with two attached hydrogens (primary N) is 2. The Balaban J connectivity index is 0.00000225. The summed E-state index contributed by atoms with van der Waals surface area (Å²) < 4.78 is 32.5. The van der Waals surface area contributed by atoms with Crippen molar-refractivity contribution in [3.63, 3.8) is 0 Å². The quantitative estimate of drug-likeness (QED) is 0.466. The summed E-state index contributed by atoms with van der Waals surface area (Å²) in [6, 6.07) is 18.2. The van der Waals surface area contributed by atoms with Crippen LogP contribution in [0.25, 0.3) is 22.3 Å². The van der Waals surface area contributed by atoms with Gasteiger partial charge in [-0.25, -0.2) is 8.78 Å². The maximum atomic E-state index is 13.3. The first-order valence-corrected chi connectivity index (χ1v) is 9.30. The molecule has 0 spiro atoms. The molecular formula is C23H26Cl2F2N2O. The van der Waals surface area contributed by atoms with Gasteiger partial charge >= 0.3 is 0 Å². The third kappa shape index (κ3) is 7.26. The van der Waals surface area contributed by atoms with Gasteiger partial charge in [-0.1, -0.05) is 24.3 Å². The fraction of sp³-hybridized carbons (Fsp3) is 0.217. The van der Waals surface area contributed by atoms with Crippen LogP contribution in [0.5, 0.6) is 5.75 Å². The molecule has 4 N–H and O–H groups in total. The Hall–Kier alpha value is -2.18. The van der Waals surface area contributed by atoms with Crippen molar-refractivity contribution in [3.8, 4) is 28.0 Å². The van der Waals surface area contributed by atoms with E-state index < -0.39 is 0 Å². The minimum absolute atomic E-state index is 0. The summed E-state index contributed by atoms with van der Waals surface area (Å²) in [6.45, 7) is 0.970. The van der Waals surface area contributed by atoms with E-state index >= 15 is 0 Å². The lowest BCUT2D eigenvalue weighted by Gasteiger charge is -2.15. The van der Waals surface area contributed by atoms with Crippen LogP contribution >= 0.6 is 24.8 Å². The molecule has 3 aromatic rings. The second-order valence-corrected chi connectivity index (χ2v) is 6.76. The number of hydrogen-bond donors (Lipinski definition) is 2. The molecule has 0 amide bonds. The van der Waals surface area contributed by atoms with E-state index in [1.54, 1.807) is 24.3 Å². The number of ether oxygens (including phenoxy) is 1. The Kier molecular flexibility index (Phi) is 10.8. The zero-order valence-electron chi connectivity index (χ0n) is 16.4. The molecule has 0 aromatic heterocycles. The highest BCUT2D eigenvalue weighted by Crippen LogP contribution is 2.32. The molecule has 0 aliphatic carbocycles. The SMILES string of the molecule is Cl.Cl.NCCC[C@@H](N)COc1cc(-c2ccc(F)cc2)cc(-c2ccc(F)cc2)c1. The summed E-state index contributed by atoms with van der Waals surface area (Å²) in [5.41, 5.74) is 15.1. The molecule has 0 radical (unpaired) electrons. The summed E-state index contributed by atoms with van der Waals surface area (Å²) in [4.78, 5) is 0. The molecule has 0 saturated heterocycles. The molecule has 0 bridgehead atoms. The number of benzene rings is 3. The molecule has 0 saturated carbocycles. The third-order valence-corrected chi connectivity index (χ3v) is 4.50. The van der Waals surface area contributed by atoms with Gasteiger partial charge in [0.1, 0.15) is 24.0 Å². The van der Waals surface area contributed by atoms with E-state index in [1.165, 1.54) is 24.3 Å². The third-order valence-electron chi connectivity index (χ3n) is 4.50. The van der Waals surface area contributed by atoms with Gasteiger partial charge in [0.25, 0.3) is 0 Å². The van der Waals surface area contributed by atoms with Crippen LogP contribution in [0.15, 0.2) is 66.7 Å². The maximum Gasteiger partial charge on any atom is 0.123 e. The lowest BCUT2D eigenvalue weighted by atomic mass is 9.98. The molecule has 3 nitrogen and oxygen atoms in total. The Labute approximate surface area is 188 Å². The number of rotatable bonds is 8. The second kappa shape index (κ2) is 12.5. The van der Waals surface area contributed by atoms with Gasteiger partial charge in [-0.15, -0.1) is 24.8 Å². The highest BCUT2D eigenvalue weighted by molar-refractivity contribution is 5.85. The highest BCUT2D eigenvalue weighted by Gasteiger charge is 2.09. The minimum Gasteiger partial charge on any atom is -0.492 e. The summed E-state index contributed by atoms with van der Waals surface area (Å²) in [5, 5.41) is 0. The van der Waals surface area contributed by atoms with E-state index in [4.69, 9.17) is 16.2 Å². The van der Waals surface area contributed by atoms with Crippen molar-refractivity contribution < 1.29 is 13.5 Å². The van der Waals surface area contributed by atoms with Crippen LogP contribution in [-0.2, 0) is 0 Å². The highest BCUT2D eigenvalue weighted by atomic mass is 35.5. The summed E-state index contributed by atoms with van der Waals surface area (Å²) >= 11 is 0. The van der Waals surface area contributed by atoms with Gasteiger partial charge in [0.2, 0.25) is 0 Å². The fourth-order valence-electron chi connectivity index (χ4n) is 2.97. The topological polar surface area (TPSA) is 61.3 Å². The van der Waals surface area contributed by atoms with E-state index in [1.807, 2.05) is 18.2 Å². The molecule has 162 valence electrons. The van der Waals surface area contributed by atoms with E-state index in [0.29, 0.717) is 18.9 Å². The zero-order valence-corrected chi connectivity index (χ0v) is 18.0. The Morgan fingerprint density at radius 1 is 0.733 bits per heavy atom. The molecular weight excluding hydrogens is 429 g/mol. The van der Waals surface area contributed by atoms with Crippen LogP contribution in [0.3, 0.4) is 0 Å². The van der Waals surface area contributed by atoms with Crippen molar-refractivity contribution in [3.05, 3.63) is 78.4 Å². The van der Waals surface area contributed by atoms with Gasteiger partial charge < -0.3 is 16.2 Å². The molecule has 1 atom stereocenters. The molecule has 0 fully saturated rings. The predicted octanol–water partition coefficient (Wildman–Crippen LogP) is 5.59. The summed E-state index contributed by atoms with van der Waals surface area (Å²) in [5.74, 6) is 0.0749. The average Bonchev–Trinajstić information content (AvgIpc) is 2.71. The second-order valence-electron chi connectivity index (χ2n) is 6.76. The van der Waals surface area contributed by atoms with Crippen LogP contribution in [0, 0.1) is 11.6 Å². The molecule has 7 heteroatoms. The largest absolute Gasteiger partial charge is 0.492 e. The first kappa shape index (κ1) is 25.9. The van der Waals surface area contributed by atoms with Gasteiger partial charge in [-0.3, -0.25) is 0 Å². The van der Waals surface area contributed by atoms with Gasteiger partial charge in [0.05, 0.1) is 0 Å². The van der Waals surface area contributed by atoms with Crippen molar-refractivity contribution >= 4 is 24.8 Å². The van der Waals surface area contributed by atoms with Crippen LogP contribution in [0.2, 0.25) is 0 Å². The van der Waals surface area contributed by atoms with Crippen molar-refractivity contribution in [1.82, 2.24) is 0 Å². The van der Waals surface area contributed by atoms with E-state index in [0.717, 1.165) is 35.1 Å². The van der Waals surface area contributed by atoms with Crippen LogP contribution in [0.1, 0.15) is 12.8 Å². The molecule has 3 aromatic carbocycles. The predicted molar refractivity (Wildman–Crippen MR) is 123 cm³/mol. The Bertz CT molecular complexity index is 842. The van der Waals surface area contributed by atoms with E-state index in [2.05, 4.69) is 0 Å². The normalized spacial score (nSPS) is 11.2. The molecule has 0 unspecified atom stereocenters. The van der Waals surface area contributed by atoms with Crippen molar-refractivity contribution in [2.75, 3.05) is 13.2 Å². The number of halogens is 4. The van der Waals surface area contributed by atoms with Gasteiger partial charge in [-0.05, 0) is 84.1 Å². The van der Waals surface area contributed by atoms with Crippen molar-refractivity contribution in [1.29, 1.82) is 0 Å². The summed E-state index contributed by atoms with van der Waals surface area (Å²) in [6.07, 6.45) is 1.64. The van der Waals surface area contributed by atoms with Crippen LogP contribution < -0.4 is 16.2 Å². The smallest absolute Gasteiger partial charge is 0.123 e. The Morgan fingerprint density at radius 3 is 1.63 bits per heavy atom. The molecule has 0 aliphatic heterocycles.